The Kier molecular flexibility index (Phi) is 38400. The molecule has 10 heavy (non-hydrogen) atoms. The van der Waals surface area contributed by atoms with Gasteiger partial charge in [0.2, 0.25) is 0 Å². The fourth-order valence-corrected chi connectivity index (χ4v) is 0. The van der Waals surface area contributed by atoms with Crippen molar-refractivity contribution >= 4 is 17.4 Å². The number of rotatable bonds is 0. The zero-order chi connectivity index (χ0) is 0. The largest absolute Gasteiger partial charge is 3.00 e. The molecule has 0 N–H and O–H groups in total. The van der Waals surface area contributed by atoms with Gasteiger partial charge in [-0.25, -0.2) is 0 Å². The van der Waals surface area contributed by atoms with Gasteiger partial charge in [-0.3, -0.25) is 0 Å². The first-order valence-corrected chi connectivity index (χ1v) is 0. The molecule has 0 amide bonds. The number of hydrogen-bond donors (Lipinski definition) is 0. The van der Waals surface area contributed by atoms with Crippen LogP contribution in [0.5, 0.6) is 0 Å². The van der Waals surface area contributed by atoms with Gasteiger partial charge in [0, 0.05) is 0 Å². The standard InChI is InChI=1S/Al.7FH.2Zn/h;7*1H;;/q+3;;;;;;;;2*+2/p-7. The van der Waals surface area contributed by atoms with E-state index in [9.17, 15) is 0 Å². The van der Waals surface area contributed by atoms with Crippen molar-refractivity contribution in [1.82, 2.24) is 0 Å². The van der Waals surface area contributed by atoms with Gasteiger partial charge in [-0.1, -0.05) is 0 Å². The summed E-state index contributed by atoms with van der Waals surface area (Å²) in [6, 6.07) is 0. The van der Waals surface area contributed by atoms with E-state index in [0.717, 1.165) is 0 Å². The quantitative estimate of drug-likeness (QED) is 0.307. The van der Waals surface area contributed by atoms with Crippen molar-refractivity contribution in [2.45, 2.75) is 0 Å². The molecule has 0 aliphatic carbocycles. The molecule has 0 aliphatic heterocycles. The summed E-state index contributed by atoms with van der Waals surface area (Å²) in [6.45, 7) is 0. The van der Waals surface area contributed by atoms with E-state index in [4.69, 9.17) is 0 Å². The molecular weight excluding hydrogens is 291 g/mol. The average Bonchev–Trinajstić information content (AvgIpc) is 0. The Morgan fingerprint density at radius 3 is 0.300 bits per heavy atom. The van der Waals surface area contributed by atoms with Crippen LogP contribution in [0.25, 0.3) is 0 Å². The molecule has 0 atom stereocenters. The van der Waals surface area contributed by atoms with E-state index < -0.39 is 0 Å². The molecule has 0 saturated carbocycles. The van der Waals surface area contributed by atoms with E-state index in [1.807, 2.05) is 0 Å². The predicted octanol–water partition coefficient (Wildman–Crippen LogP) is -21.4. The van der Waals surface area contributed by atoms with Gasteiger partial charge in [0.15, 0.2) is 0 Å². The first-order chi connectivity index (χ1) is 0. The third-order valence-electron chi connectivity index (χ3n) is 0. The molecule has 0 aromatic rings. The molecule has 0 saturated heterocycles. The van der Waals surface area contributed by atoms with Gasteiger partial charge < -0.3 is 32.9 Å². The van der Waals surface area contributed by atoms with Crippen LogP contribution in [0, 0.1) is 0 Å². The molecule has 0 bridgehead atoms. The minimum absolute atomic E-state index is 0. The topological polar surface area (TPSA) is 0 Å². The summed E-state index contributed by atoms with van der Waals surface area (Å²) < 4.78 is 0. The Morgan fingerprint density at radius 2 is 0.300 bits per heavy atom. The van der Waals surface area contributed by atoms with E-state index in [1.54, 1.807) is 0 Å². The zero-order valence-corrected chi connectivity index (χ0v) is 11.7. The van der Waals surface area contributed by atoms with Gasteiger partial charge in [0.25, 0.3) is 0 Å². The van der Waals surface area contributed by atoms with Crippen LogP contribution in [0.1, 0.15) is 0 Å². The maximum Gasteiger partial charge on any atom is 3.00 e. The summed E-state index contributed by atoms with van der Waals surface area (Å²) in [5.41, 5.74) is 0. The van der Waals surface area contributed by atoms with Crippen LogP contribution >= 0.6 is 0 Å². The molecular formula is AlF7Zn2. The second-order valence-corrected chi connectivity index (χ2v) is 0. The summed E-state index contributed by atoms with van der Waals surface area (Å²) in [5.74, 6) is 0. The fraction of sp³-hybridized carbons (Fsp3) is 0. The molecule has 0 spiro atoms. The van der Waals surface area contributed by atoms with Crippen molar-refractivity contribution in [2.75, 3.05) is 0 Å². The summed E-state index contributed by atoms with van der Waals surface area (Å²) in [4.78, 5) is 0. The molecule has 0 aliphatic rings. The number of halogens is 7. The van der Waals surface area contributed by atoms with E-state index in [0.29, 0.717) is 0 Å². The molecule has 0 radical (unpaired) electrons. The summed E-state index contributed by atoms with van der Waals surface area (Å²) in [7, 11) is 0. The minimum Gasteiger partial charge on any atom is -1.00 e. The maximum absolute atomic E-state index is 0. The first-order valence-electron chi connectivity index (χ1n) is 0. The van der Waals surface area contributed by atoms with Crippen LogP contribution in [0.2, 0.25) is 0 Å². The van der Waals surface area contributed by atoms with Gasteiger partial charge in [0.05, 0.1) is 0 Å². The molecule has 10 heteroatoms. The van der Waals surface area contributed by atoms with Crippen LogP contribution in [0.15, 0.2) is 0 Å². The minimum atomic E-state index is 0. The summed E-state index contributed by atoms with van der Waals surface area (Å²) in [5, 5.41) is 0. The molecule has 0 aromatic carbocycles. The number of hydrogen-bond acceptors (Lipinski definition) is 0. The van der Waals surface area contributed by atoms with E-state index in [2.05, 4.69) is 0 Å². The van der Waals surface area contributed by atoms with Gasteiger partial charge in [-0.05, 0) is 0 Å². The molecule has 0 aromatic heterocycles. The van der Waals surface area contributed by atoms with Crippen LogP contribution in [0.3, 0.4) is 0 Å². The molecule has 0 unspecified atom stereocenters. The molecule has 0 heterocycles. The van der Waals surface area contributed by atoms with Crippen molar-refractivity contribution in [3.8, 4) is 0 Å². The average molecular weight is 291 g/mol. The van der Waals surface area contributed by atoms with Gasteiger partial charge in [0.1, 0.15) is 0 Å². The van der Waals surface area contributed by atoms with Gasteiger partial charge >= 0.3 is 56.3 Å². The van der Waals surface area contributed by atoms with E-state index >= 15 is 0 Å². The van der Waals surface area contributed by atoms with Crippen molar-refractivity contribution in [2.24, 2.45) is 0 Å². The third-order valence-corrected chi connectivity index (χ3v) is 0. The van der Waals surface area contributed by atoms with Crippen LogP contribution < -0.4 is 32.9 Å². The van der Waals surface area contributed by atoms with Crippen molar-refractivity contribution in [3.63, 3.8) is 0 Å². The van der Waals surface area contributed by atoms with Crippen LogP contribution in [0.4, 0.5) is 0 Å². The fourth-order valence-electron chi connectivity index (χ4n) is 0. The molecule has 56 valence electrons. The van der Waals surface area contributed by atoms with Crippen molar-refractivity contribution < 1.29 is 71.9 Å². The molecule has 0 fully saturated rings. The maximum atomic E-state index is 0. The van der Waals surface area contributed by atoms with Crippen LogP contribution in [-0.2, 0) is 39.0 Å². The van der Waals surface area contributed by atoms with Crippen molar-refractivity contribution in [3.05, 3.63) is 0 Å². The molecule has 0 rings (SSSR count). The SMILES string of the molecule is [Al+3].[F-].[F-].[F-].[F-].[F-].[F-].[F-].[Zn+2].[Zn+2]. The summed E-state index contributed by atoms with van der Waals surface area (Å²) in [6.07, 6.45) is 0. The normalized spacial score (nSPS) is 0. The third kappa shape index (κ3) is 384. The van der Waals surface area contributed by atoms with Crippen LogP contribution in [-0.4, -0.2) is 17.4 Å². The smallest absolute Gasteiger partial charge is 1.00 e. The van der Waals surface area contributed by atoms with Crippen molar-refractivity contribution in [1.29, 1.82) is 0 Å². The Bertz CT molecular complexity index is 11.6. The second kappa shape index (κ2) is 534. The monoisotopic (exact) mass is 288 g/mol. The van der Waals surface area contributed by atoms with E-state index in [1.165, 1.54) is 0 Å². The zero-order valence-electron chi connectivity index (χ0n) is 4.64. The Morgan fingerprint density at radius 1 is 0.300 bits per heavy atom. The Labute approximate surface area is 89.1 Å². The van der Waals surface area contributed by atoms with E-state index in [-0.39, 0.29) is 89.2 Å². The Balaban J connectivity index is 0. The molecule has 0 nitrogen and oxygen atoms in total. The van der Waals surface area contributed by atoms with Gasteiger partial charge in [-0.15, -0.1) is 0 Å². The summed E-state index contributed by atoms with van der Waals surface area (Å²) >= 11 is 0. The Hall–Kier alpha value is 1.29. The van der Waals surface area contributed by atoms with Gasteiger partial charge in [-0.2, -0.15) is 0 Å². The second-order valence-electron chi connectivity index (χ2n) is 0. The first kappa shape index (κ1) is 719. The predicted molar refractivity (Wildman–Crippen MR) is 5.75 cm³/mol.